The number of nitro benzene ring substituents is 1. The van der Waals surface area contributed by atoms with Gasteiger partial charge < -0.3 is 19.8 Å². The number of imidazole rings is 1. The Balaban J connectivity index is 1.67. The molecule has 0 amide bonds. The Hall–Kier alpha value is -4.59. The molecule has 176 valence electrons. The van der Waals surface area contributed by atoms with Crippen LogP contribution in [0, 0.1) is 10.1 Å². The van der Waals surface area contributed by atoms with Crippen LogP contribution in [0.25, 0.3) is 44.8 Å². The van der Waals surface area contributed by atoms with Gasteiger partial charge in [0.1, 0.15) is 5.82 Å². The van der Waals surface area contributed by atoms with Gasteiger partial charge in [0.05, 0.1) is 16.3 Å². The van der Waals surface area contributed by atoms with Crippen LogP contribution < -0.4 is 9.80 Å². The molecule has 0 unspecified atom stereocenters. The summed E-state index contributed by atoms with van der Waals surface area (Å²) in [6.07, 6.45) is 1.84. The van der Waals surface area contributed by atoms with Crippen molar-refractivity contribution in [3.8, 4) is 33.9 Å². The molecule has 5 rings (SSSR count). The molecule has 0 spiro atoms. The summed E-state index contributed by atoms with van der Waals surface area (Å²) < 4.78 is 0. The number of H-pyrrole nitrogens is 2. The Morgan fingerprint density at radius 1 is 0.829 bits per heavy atom. The van der Waals surface area contributed by atoms with Gasteiger partial charge in [0.25, 0.3) is 5.69 Å². The van der Waals surface area contributed by atoms with E-state index in [0.717, 1.165) is 50.4 Å². The Labute approximate surface area is 203 Å². The molecule has 2 aromatic heterocycles. The first kappa shape index (κ1) is 22.2. The maximum atomic E-state index is 11.4. The average molecular weight is 467 g/mol. The molecule has 0 bridgehead atoms. The van der Waals surface area contributed by atoms with Crippen molar-refractivity contribution in [2.75, 3.05) is 38.0 Å². The van der Waals surface area contributed by atoms with Crippen LogP contribution in [0.2, 0.25) is 0 Å². The summed E-state index contributed by atoms with van der Waals surface area (Å²) >= 11 is 0. The highest BCUT2D eigenvalue weighted by Gasteiger charge is 2.19. The summed E-state index contributed by atoms with van der Waals surface area (Å²) in [6.45, 7) is 0. The van der Waals surface area contributed by atoms with Crippen molar-refractivity contribution in [1.82, 2.24) is 15.0 Å². The van der Waals surface area contributed by atoms with Gasteiger partial charge in [-0.15, -0.1) is 0 Å². The fraction of sp³-hybridized carbons (Fsp3) is 0.148. The fourth-order valence-corrected chi connectivity index (χ4v) is 4.18. The van der Waals surface area contributed by atoms with Gasteiger partial charge in [-0.1, -0.05) is 24.3 Å². The second-order valence-corrected chi connectivity index (χ2v) is 8.88. The number of anilines is 2. The van der Waals surface area contributed by atoms with Crippen LogP contribution >= 0.6 is 0 Å². The van der Waals surface area contributed by atoms with Crippen molar-refractivity contribution >= 4 is 28.0 Å². The number of aromatic amines is 2. The van der Waals surface area contributed by atoms with Crippen molar-refractivity contribution < 1.29 is 4.92 Å². The maximum Gasteiger partial charge on any atom is 0.270 e. The summed E-state index contributed by atoms with van der Waals surface area (Å²) in [7, 11) is 8.04. The molecule has 0 aliphatic carbocycles. The van der Waals surface area contributed by atoms with Crippen molar-refractivity contribution in [3.05, 3.63) is 83.0 Å². The largest absolute Gasteiger partial charge is 0.378 e. The number of rotatable bonds is 6. The number of non-ortho nitro benzene ring substituents is 1. The molecular formula is C27H26N6O2. The van der Waals surface area contributed by atoms with Gasteiger partial charge in [-0.05, 0) is 30.3 Å². The minimum absolute atomic E-state index is 0.0453. The third-order valence-electron chi connectivity index (χ3n) is 6.16. The van der Waals surface area contributed by atoms with Crippen LogP contribution in [-0.2, 0) is 0 Å². The molecule has 0 radical (unpaired) electrons. The molecule has 0 aliphatic heterocycles. The molecule has 0 fully saturated rings. The Morgan fingerprint density at radius 3 is 2.00 bits per heavy atom. The fourth-order valence-electron chi connectivity index (χ4n) is 4.18. The van der Waals surface area contributed by atoms with Gasteiger partial charge in [0.2, 0.25) is 0 Å². The molecule has 0 saturated heterocycles. The molecule has 2 heterocycles. The number of benzene rings is 3. The zero-order chi connectivity index (χ0) is 24.7. The predicted octanol–water partition coefficient (Wildman–Crippen LogP) is 5.93. The SMILES string of the molecule is CN(C)c1ccc(-c2nc(-c3c[nH]c4ccc([N+](=O)[O-])cc34)[nH]c2-c2ccc(N(C)C)cc2)cc1. The molecule has 2 N–H and O–H groups in total. The minimum atomic E-state index is -0.381. The average Bonchev–Trinajstić information content (AvgIpc) is 3.48. The highest BCUT2D eigenvalue weighted by atomic mass is 16.6. The van der Waals surface area contributed by atoms with Gasteiger partial charge in [-0.2, -0.15) is 0 Å². The first-order valence-corrected chi connectivity index (χ1v) is 11.2. The number of nitrogens with one attached hydrogen (secondary N) is 2. The minimum Gasteiger partial charge on any atom is -0.378 e. The lowest BCUT2D eigenvalue weighted by Crippen LogP contribution is -2.08. The molecule has 8 nitrogen and oxygen atoms in total. The van der Waals surface area contributed by atoms with Gasteiger partial charge in [0.15, 0.2) is 0 Å². The van der Waals surface area contributed by atoms with E-state index in [4.69, 9.17) is 4.98 Å². The van der Waals surface area contributed by atoms with E-state index < -0.39 is 0 Å². The highest BCUT2D eigenvalue weighted by molar-refractivity contribution is 5.96. The van der Waals surface area contributed by atoms with E-state index in [9.17, 15) is 10.1 Å². The summed E-state index contributed by atoms with van der Waals surface area (Å²) in [5.41, 5.74) is 7.55. The monoisotopic (exact) mass is 466 g/mol. The van der Waals surface area contributed by atoms with Crippen LogP contribution in [-0.4, -0.2) is 48.1 Å². The van der Waals surface area contributed by atoms with Crippen molar-refractivity contribution in [2.45, 2.75) is 0 Å². The first-order chi connectivity index (χ1) is 16.8. The Morgan fingerprint density at radius 2 is 1.43 bits per heavy atom. The summed E-state index contributed by atoms with van der Waals surface area (Å²) in [5.74, 6) is 0.648. The van der Waals surface area contributed by atoms with E-state index >= 15 is 0 Å². The number of aromatic nitrogens is 3. The van der Waals surface area contributed by atoms with Crippen LogP contribution in [0.1, 0.15) is 0 Å². The van der Waals surface area contributed by atoms with Crippen LogP contribution in [0.5, 0.6) is 0 Å². The first-order valence-electron chi connectivity index (χ1n) is 11.2. The number of hydrogen-bond donors (Lipinski definition) is 2. The zero-order valence-corrected chi connectivity index (χ0v) is 20.0. The van der Waals surface area contributed by atoms with Gasteiger partial charge in [-0.3, -0.25) is 10.1 Å². The van der Waals surface area contributed by atoms with E-state index in [1.54, 1.807) is 12.1 Å². The molecule has 0 atom stereocenters. The number of fused-ring (bicyclic) bond motifs is 1. The molecule has 35 heavy (non-hydrogen) atoms. The molecule has 3 aromatic carbocycles. The predicted molar refractivity (Wildman–Crippen MR) is 142 cm³/mol. The summed E-state index contributed by atoms with van der Waals surface area (Å²) in [5, 5.41) is 12.1. The zero-order valence-electron chi connectivity index (χ0n) is 20.0. The quantitative estimate of drug-likeness (QED) is 0.239. The van der Waals surface area contributed by atoms with E-state index in [0.29, 0.717) is 5.82 Å². The number of hydrogen-bond acceptors (Lipinski definition) is 5. The van der Waals surface area contributed by atoms with Gasteiger partial charge in [-0.25, -0.2) is 4.98 Å². The van der Waals surface area contributed by atoms with Crippen molar-refractivity contribution in [1.29, 1.82) is 0 Å². The molecule has 5 aromatic rings. The lowest BCUT2D eigenvalue weighted by atomic mass is 10.0. The summed E-state index contributed by atoms with van der Waals surface area (Å²) in [4.78, 5) is 26.8. The van der Waals surface area contributed by atoms with E-state index in [-0.39, 0.29) is 10.6 Å². The van der Waals surface area contributed by atoms with Crippen molar-refractivity contribution in [3.63, 3.8) is 0 Å². The second-order valence-electron chi connectivity index (χ2n) is 8.88. The smallest absolute Gasteiger partial charge is 0.270 e. The van der Waals surface area contributed by atoms with Crippen LogP contribution in [0.15, 0.2) is 72.9 Å². The third-order valence-corrected chi connectivity index (χ3v) is 6.16. The number of nitrogens with zero attached hydrogens (tertiary/aromatic N) is 4. The molecule has 8 heteroatoms. The highest BCUT2D eigenvalue weighted by Crippen LogP contribution is 2.37. The van der Waals surface area contributed by atoms with E-state index in [2.05, 4.69) is 68.3 Å². The maximum absolute atomic E-state index is 11.4. The third kappa shape index (κ3) is 4.10. The van der Waals surface area contributed by atoms with Crippen molar-refractivity contribution in [2.24, 2.45) is 0 Å². The van der Waals surface area contributed by atoms with Gasteiger partial charge in [0, 0.05) is 85.5 Å². The Bertz CT molecular complexity index is 1440. The number of nitro groups is 1. The standard InChI is InChI=1S/C27H26N6O2/c1-31(2)19-9-5-17(6-10-19)25-26(18-7-11-20(12-8-18)32(3)4)30-27(29-25)23-16-28-24-14-13-21(33(34)35)15-22(23)24/h5-16,28H,1-4H3,(H,29,30). The van der Waals surface area contributed by atoms with E-state index in [1.807, 2.05) is 34.4 Å². The molecule has 0 aliphatic rings. The van der Waals surface area contributed by atoms with E-state index in [1.165, 1.54) is 6.07 Å². The van der Waals surface area contributed by atoms with Gasteiger partial charge >= 0.3 is 0 Å². The molecule has 0 saturated carbocycles. The topological polar surface area (TPSA) is 94.1 Å². The lowest BCUT2D eigenvalue weighted by molar-refractivity contribution is -0.384. The lowest BCUT2D eigenvalue weighted by Gasteiger charge is -2.13. The Kier molecular flexibility index (Phi) is 5.49. The molecular weight excluding hydrogens is 440 g/mol. The van der Waals surface area contributed by atoms with Crippen LogP contribution in [0.3, 0.4) is 0 Å². The normalized spacial score (nSPS) is 11.1. The summed E-state index contributed by atoms with van der Waals surface area (Å²) in [6, 6.07) is 21.4. The second kappa shape index (κ2) is 8.64. The van der Waals surface area contributed by atoms with Crippen LogP contribution in [0.4, 0.5) is 17.1 Å².